The second kappa shape index (κ2) is 3.35. The first kappa shape index (κ1) is 8.52. The molecule has 1 saturated heterocycles. The molecule has 0 aromatic rings. The van der Waals surface area contributed by atoms with Crippen LogP contribution in [0.4, 0.5) is 0 Å². The molecule has 2 aliphatic rings. The predicted octanol–water partition coefficient (Wildman–Crippen LogP) is 1.98. The standard InChI is InChI=1S/C10H18O2/c1-7(2)11-6-8-3-4-9-10(5-8)12-9/h7-10H,3-6H2,1-2H3. The van der Waals surface area contributed by atoms with Crippen molar-refractivity contribution in [1.29, 1.82) is 0 Å². The van der Waals surface area contributed by atoms with Gasteiger partial charge in [0.1, 0.15) is 0 Å². The van der Waals surface area contributed by atoms with Crippen LogP contribution in [0.5, 0.6) is 0 Å². The zero-order valence-corrected chi connectivity index (χ0v) is 7.95. The first-order chi connectivity index (χ1) is 5.75. The maximum atomic E-state index is 5.59. The lowest BCUT2D eigenvalue weighted by Gasteiger charge is -2.19. The van der Waals surface area contributed by atoms with Crippen LogP contribution in [0.15, 0.2) is 0 Å². The number of ether oxygens (including phenoxy) is 2. The van der Waals surface area contributed by atoms with Crippen LogP contribution < -0.4 is 0 Å². The van der Waals surface area contributed by atoms with Crippen LogP contribution >= 0.6 is 0 Å². The van der Waals surface area contributed by atoms with E-state index in [-0.39, 0.29) is 0 Å². The molecule has 1 aliphatic carbocycles. The molecule has 0 radical (unpaired) electrons. The molecule has 2 heteroatoms. The highest BCUT2D eigenvalue weighted by Gasteiger charge is 2.43. The van der Waals surface area contributed by atoms with E-state index in [1.807, 2.05) is 0 Å². The number of rotatable bonds is 3. The van der Waals surface area contributed by atoms with Crippen LogP contribution in [0.3, 0.4) is 0 Å². The molecule has 2 fully saturated rings. The van der Waals surface area contributed by atoms with Gasteiger partial charge in [0, 0.05) is 6.61 Å². The van der Waals surface area contributed by atoms with Crippen molar-refractivity contribution in [2.45, 2.75) is 51.4 Å². The van der Waals surface area contributed by atoms with Crippen LogP contribution in [0.1, 0.15) is 33.1 Å². The zero-order valence-electron chi connectivity index (χ0n) is 7.95. The number of hydrogen-bond donors (Lipinski definition) is 0. The van der Waals surface area contributed by atoms with Crippen LogP contribution in [0, 0.1) is 5.92 Å². The molecule has 2 nitrogen and oxygen atoms in total. The Labute approximate surface area is 74.2 Å². The summed E-state index contributed by atoms with van der Waals surface area (Å²) in [5.41, 5.74) is 0. The van der Waals surface area contributed by atoms with Crippen LogP contribution in [0.25, 0.3) is 0 Å². The minimum atomic E-state index is 0.378. The van der Waals surface area contributed by atoms with E-state index in [9.17, 15) is 0 Å². The molecular weight excluding hydrogens is 152 g/mol. The molecule has 2 rings (SSSR count). The molecule has 1 heterocycles. The van der Waals surface area contributed by atoms with E-state index in [0.29, 0.717) is 18.3 Å². The van der Waals surface area contributed by atoms with E-state index in [1.165, 1.54) is 19.3 Å². The Morgan fingerprint density at radius 3 is 2.83 bits per heavy atom. The SMILES string of the molecule is CC(C)OCC1CCC2OC2C1. The average Bonchev–Trinajstić information content (AvgIpc) is 2.78. The van der Waals surface area contributed by atoms with Crippen molar-refractivity contribution in [3.63, 3.8) is 0 Å². The smallest absolute Gasteiger partial charge is 0.0845 e. The summed E-state index contributed by atoms with van der Waals surface area (Å²) in [4.78, 5) is 0. The quantitative estimate of drug-likeness (QED) is 0.604. The molecule has 1 aliphatic heterocycles. The fourth-order valence-electron chi connectivity index (χ4n) is 1.97. The Kier molecular flexibility index (Phi) is 2.37. The topological polar surface area (TPSA) is 21.8 Å². The summed E-state index contributed by atoms with van der Waals surface area (Å²) in [6.45, 7) is 5.13. The van der Waals surface area contributed by atoms with E-state index in [0.717, 1.165) is 12.5 Å². The van der Waals surface area contributed by atoms with E-state index in [4.69, 9.17) is 9.47 Å². The van der Waals surface area contributed by atoms with Gasteiger partial charge >= 0.3 is 0 Å². The fourth-order valence-corrected chi connectivity index (χ4v) is 1.97. The Bertz CT molecular complexity index is 156. The third-order valence-corrected chi connectivity index (χ3v) is 2.78. The third-order valence-electron chi connectivity index (χ3n) is 2.78. The molecule has 0 bridgehead atoms. The molecule has 3 unspecified atom stereocenters. The highest BCUT2D eigenvalue weighted by atomic mass is 16.6. The van der Waals surface area contributed by atoms with Crippen molar-refractivity contribution in [3.8, 4) is 0 Å². The summed E-state index contributed by atoms with van der Waals surface area (Å²) in [6, 6.07) is 0. The third kappa shape index (κ3) is 1.99. The zero-order chi connectivity index (χ0) is 8.55. The molecule has 70 valence electrons. The summed E-state index contributed by atoms with van der Waals surface area (Å²) in [6.07, 6.45) is 5.39. The van der Waals surface area contributed by atoms with E-state index >= 15 is 0 Å². The van der Waals surface area contributed by atoms with Gasteiger partial charge < -0.3 is 9.47 Å². The van der Waals surface area contributed by atoms with Crippen molar-refractivity contribution in [3.05, 3.63) is 0 Å². The molecule has 3 atom stereocenters. The summed E-state index contributed by atoms with van der Waals surface area (Å²) >= 11 is 0. The van der Waals surface area contributed by atoms with Gasteiger partial charge in [-0.15, -0.1) is 0 Å². The monoisotopic (exact) mass is 170 g/mol. The van der Waals surface area contributed by atoms with Gasteiger partial charge in [-0.1, -0.05) is 0 Å². The molecular formula is C10H18O2. The Hall–Kier alpha value is -0.0800. The maximum Gasteiger partial charge on any atom is 0.0845 e. The lowest BCUT2D eigenvalue weighted by atomic mass is 9.90. The molecule has 0 aromatic carbocycles. The van der Waals surface area contributed by atoms with Crippen LogP contribution in [-0.4, -0.2) is 24.9 Å². The number of hydrogen-bond acceptors (Lipinski definition) is 2. The van der Waals surface area contributed by atoms with E-state index in [1.54, 1.807) is 0 Å². The molecule has 0 spiro atoms. The molecule has 1 saturated carbocycles. The summed E-state index contributed by atoms with van der Waals surface area (Å²) in [5, 5.41) is 0. The van der Waals surface area contributed by atoms with Gasteiger partial charge in [0.25, 0.3) is 0 Å². The molecule has 0 N–H and O–H groups in total. The minimum absolute atomic E-state index is 0.378. The fraction of sp³-hybridized carbons (Fsp3) is 1.00. The second-order valence-corrected chi connectivity index (χ2v) is 4.27. The van der Waals surface area contributed by atoms with Gasteiger partial charge in [-0.05, 0) is 39.0 Å². The second-order valence-electron chi connectivity index (χ2n) is 4.27. The predicted molar refractivity (Wildman–Crippen MR) is 47.1 cm³/mol. The molecule has 12 heavy (non-hydrogen) atoms. The van der Waals surface area contributed by atoms with Crippen LogP contribution in [-0.2, 0) is 9.47 Å². The first-order valence-corrected chi connectivity index (χ1v) is 5.03. The van der Waals surface area contributed by atoms with Crippen molar-refractivity contribution in [1.82, 2.24) is 0 Å². The minimum Gasteiger partial charge on any atom is -0.379 e. The van der Waals surface area contributed by atoms with Crippen molar-refractivity contribution in [2.75, 3.05) is 6.61 Å². The Morgan fingerprint density at radius 2 is 2.17 bits per heavy atom. The summed E-state index contributed by atoms with van der Waals surface area (Å²) in [5.74, 6) is 0.760. The lowest BCUT2D eigenvalue weighted by molar-refractivity contribution is 0.0433. The van der Waals surface area contributed by atoms with Crippen LogP contribution in [0.2, 0.25) is 0 Å². The summed E-state index contributed by atoms with van der Waals surface area (Å²) < 4.78 is 11.1. The van der Waals surface area contributed by atoms with Gasteiger partial charge in [-0.2, -0.15) is 0 Å². The highest BCUT2D eigenvalue weighted by molar-refractivity contribution is 4.91. The van der Waals surface area contributed by atoms with Gasteiger partial charge in [0.15, 0.2) is 0 Å². The first-order valence-electron chi connectivity index (χ1n) is 5.03. The van der Waals surface area contributed by atoms with Gasteiger partial charge in [-0.3, -0.25) is 0 Å². The normalized spacial score (nSPS) is 39.8. The van der Waals surface area contributed by atoms with Gasteiger partial charge in [0.2, 0.25) is 0 Å². The summed E-state index contributed by atoms with van der Waals surface area (Å²) in [7, 11) is 0. The molecule has 0 aromatic heterocycles. The lowest BCUT2D eigenvalue weighted by Crippen LogP contribution is -2.20. The number of fused-ring (bicyclic) bond motifs is 1. The maximum absolute atomic E-state index is 5.59. The van der Waals surface area contributed by atoms with E-state index in [2.05, 4.69) is 13.8 Å². The number of epoxide rings is 1. The molecule has 0 amide bonds. The largest absolute Gasteiger partial charge is 0.379 e. The van der Waals surface area contributed by atoms with Crippen molar-refractivity contribution < 1.29 is 9.47 Å². The van der Waals surface area contributed by atoms with Gasteiger partial charge in [0.05, 0.1) is 18.3 Å². The van der Waals surface area contributed by atoms with Crippen molar-refractivity contribution >= 4 is 0 Å². The van der Waals surface area contributed by atoms with E-state index < -0.39 is 0 Å². The van der Waals surface area contributed by atoms with Crippen molar-refractivity contribution in [2.24, 2.45) is 5.92 Å². The Balaban J connectivity index is 1.67. The average molecular weight is 170 g/mol. The van der Waals surface area contributed by atoms with Gasteiger partial charge in [-0.25, -0.2) is 0 Å². The Morgan fingerprint density at radius 1 is 1.33 bits per heavy atom. The highest BCUT2D eigenvalue weighted by Crippen LogP contribution is 2.39.